The fourth-order valence-electron chi connectivity index (χ4n) is 10.9. The van der Waals surface area contributed by atoms with E-state index in [9.17, 15) is 0 Å². The van der Waals surface area contributed by atoms with Gasteiger partial charge in [0.2, 0.25) is 0 Å². The maximum Gasteiger partial charge on any atom is 0.0543 e. The molecule has 0 aromatic heterocycles. The van der Waals surface area contributed by atoms with E-state index in [2.05, 4.69) is 220 Å². The summed E-state index contributed by atoms with van der Waals surface area (Å²) in [6.07, 6.45) is 9.46. The van der Waals surface area contributed by atoms with E-state index in [0.29, 0.717) is 5.92 Å². The van der Waals surface area contributed by atoms with Crippen LogP contribution in [0.1, 0.15) is 64.3 Å². The summed E-state index contributed by atoms with van der Waals surface area (Å²) in [6.45, 7) is 11.8. The molecule has 1 nitrogen and oxygen atoms in total. The van der Waals surface area contributed by atoms with Gasteiger partial charge in [-0.25, -0.2) is 0 Å². The molecule has 0 amide bonds. The Balaban J connectivity index is 0.962. The monoisotopic (exact) mass is 811 g/mol. The second-order valence-corrected chi connectivity index (χ2v) is 18.8. The van der Waals surface area contributed by atoms with Crippen LogP contribution in [0.4, 0.5) is 17.1 Å². The lowest BCUT2D eigenvalue weighted by Crippen LogP contribution is -2.19. The van der Waals surface area contributed by atoms with E-state index in [1.54, 1.807) is 0 Å². The molecule has 0 saturated carbocycles. The van der Waals surface area contributed by atoms with Crippen LogP contribution in [0.3, 0.4) is 0 Å². The van der Waals surface area contributed by atoms with Gasteiger partial charge in [-0.3, -0.25) is 0 Å². The fourth-order valence-corrected chi connectivity index (χ4v) is 12.0. The highest BCUT2D eigenvalue weighted by Gasteiger charge is 2.38. The normalized spacial score (nSPS) is 16.4. The molecule has 0 N–H and O–H groups in total. The summed E-state index contributed by atoms with van der Waals surface area (Å²) in [7, 11) is 0. The lowest BCUT2D eigenvalue weighted by molar-refractivity contribution is 0.660. The van der Waals surface area contributed by atoms with Gasteiger partial charge in [-0.05, 0) is 120 Å². The number of anilines is 3. The largest absolute Gasteiger partial charge is 0.310 e. The number of fused-ring (bicyclic) bond motifs is 13. The van der Waals surface area contributed by atoms with Crippen molar-refractivity contribution in [1.29, 1.82) is 0 Å². The number of thioether (sulfide) groups is 1. The van der Waals surface area contributed by atoms with E-state index in [1.165, 1.54) is 98.5 Å². The third kappa shape index (κ3) is 5.56. The topological polar surface area (TPSA) is 3.24 Å². The quantitative estimate of drug-likeness (QED) is 0.122. The van der Waals surface area contributed by atoms with Crippen molar-refractivity contribution < 1.29 is 0 Å². The Hall–Kier alpha value is -6.87. The van der Waals surface area contributed by atoms with Crippen LogP contribution < -0.4 is 4.90 Å². The molecule has 0 bridgehead atoms. The van der Waals surface area contributed by atoms with E-state index in [1.807, 2.05) is 11.8 Å². The predicted octanol–water partition coefficient (Wildman–Crippen LogP) is 16.8. The first-order valence-corrected chi connectivity index (χ1v) is 22.6. The lowest BCUT2D eigenvalue weighted by Gasteiger charge is -2.34. The smallest absolute Gasteiger partial charge is 0.0543 e. The molecule has 0 radical (unpaired) electrons. The van der Waals surface area contributed by atoms with E-state index >= 15 is 0 Å². The highest BCUT2D eigenvalue weighted by molar-refractivity contribution is 8.08. The molecule has 9 aromatic carbocycles. The predicted molar refractivity (Wildman–Crippen MR) is 267 cm³/mol. The van der Waals surface area contributed by atoms with E-state index in [-0.39, 0.29) is 11.3 Å². The first-order chi connectivity index (χ1) is 30.3. The van der Waals surface area contributed by atoms with Crippen molar-refractivity contribution in [2.75, 3.05) is 4.90 Å². The number of hydrogen-bond acceptors (Lipinski definition) is 2. The Bertz CT molecular complexity index is 3400. The van der Waals surface area contributed by atoms with E-state index in [4.69, 9.17) is 6.58 Å². The van der Waals surface area contributed by atoms with Gasteiger partial charge >= 0.3 is 0 Å². The molecule has 3 aliphatic carbocycles. The van der Waals surface area contributed by atoms with Crippen LogP contribution >= 0.6 is 11.8 Å². The summed E-state index contributed by atoms with van der Waals surface area (Å²) in [5.74, 6) is 0.575. The summed E-state index contributed by atoms with van der Waals surface area (Å²) in [5, 5.41) is 7.61. The molecule has 0 spiro atoms. The molecule has 3 aliphatic rings. The molecule has 2 unspecified atom stereocenters. The zero-order valence-corrected chi connectivity index (χ0v) is 36.0. The van der Waals surface area contributed by atoms with Gasteiger partial charge in [0.05, 0.1) is 5.69 Å². The van der Waals surface area contributed by atoms with Crippen molar-refractivity contribution >= 4 is 78.2 Å². The molecule has 296 valence electrons. The number of nitrogens with zero attached hydrogens (tertiary/aromatic N) is 1. The molecular weight excluding hydrogens is 767 g/mol. The molecule has 0 heterocycles. The summed E-state index contributed by atoms with van der Waals surface area (Å²) in [4.78, 5) is 4.78. The Labute approximate surface area is 368 Å². The van der Waals surface area contributed by atoms with Crippen LogP contribution in [0.25, 0.3) is 60.5 Å². The van der Waals surface area contributed by atoms with Crippen LogP contribution in [0, 0.1) is 12.8 Å². The minimum atomic E-state index is -0.0922. The Morgan fingerprint density at radius 3 is 2.23 bits per heavy atom. The number of allylic oxidation sites excluding steroid dienone is 2. The van der Waals surface area contributed by atoms with Crippen LogP contribution in [-0.4, -0.2) is 0 Å². The molecule has 2 heteroatoms. The first kappa shape index (κ1) is 36.9. The van der Waals surface area contributed by atoms with Gasteiger partial charge in [-0.1, -0.05) is 196 Å². The zero-order chi connectivity index (χ0) is 41.7. The maximum atomic E-state index is 4.80. The molecule has 9 aromatic rings. The summed E-state index contributed by atoms with van der Waals surface area (Å²) >= 11 is 1.81. The Morgan fingerprint density at radius 1 is 0.597 bits per heavy atom. The molecule has 62 heavy (non-hydrogen) atoms. The standard InChI is InChI=1S/C60H45NS/c1-37-24-33-48-50(59(37)62-38(2)45-19-12-20-49-47(45)34-31-42-28-27-41-26-25-39-14-8-9-17-46(39)56(41)57(42)49)35-30-40-29-32-44(36-52(40)48)61(43-15-6-5-7-16-43)55-23-13-22-54-58(55)51-18-10-11-21-53(51)60(54,3)4/h5-36,42,57H,2H2,1,3-4H3. The molecule has 2 atom stereocenters. The van der Waals surface area contributed by atoms with Crippen LogP contribution in [0.5, 0.6) is 0 Å². The molecule has 12 rings (SSSR count). The van der Waals surface area contributed by atoms with Crippen molar-refractivity contribution in [2.24, 2.45) is 5.92 Å². The van der Waals surface area contributed by atoms with Gasteiger partial charge in [0.1, 0.15) is 0 Å². The van der Waals surface area contributed by atoms with Crippen LogP contribution in [0.2, 0.25) is 0 Å². The van der Waals surface area contributed by atoms with Crippen LogP contribution in [0.15, 0.2) is 193 Å². The van der Waals surface area contributed by atoms with Crippen molar-refractivity contribution in [2.45, 2.75) is 37.0 Å². The van der Waals surface area contributed by atoms with Crippen molar-refractivity contribution in [3.05, 3.63) is 233 Å². The number of hydrogen-bond donors (Lipinski definition) is 0. The third-order valence-corrected chi connectivity index (χ3v) is 15.1. The lowest BCUT2D eigenvalue weighted by atomic mass is 9.69. The number of para-hydroxylation sites is 1. The van der Waals surface area contributed by atoms with Gasteiger partial charge in [-0.15, -0.1) is 0 Å². The SMILES string of the molecule is C=C(Sc1c(C)ccc2c1ccc1ccc(N(c3ccccc3)c3cccc4c3-c3ccccc3C4(C)C)cc12)c1cccc2c1C=CC1C=Cc3ccc4ccccc4c3C21. The van der Waals surface area contributed by atoms with Crippen molar-refractivity contribution in [3.8, 4) is 11.1 Å². The Kier molecular flexibility index (Phi) is 8.40. The molecule has 0 saturated heterocycles. The summed E-state index contributed by atoms with van der Waals surface area (Å²) < 4.78 is 0. The fraction of sp³-hybridized carbons (Fsp3) is 0.100. The zero-order valence-electron chi connectivity index (χ0n) is 35.2. The van der Waals surface area contributed by atoms with E-state index in [0.717, 1.165) is 16.3 Å². The third-order valence-electron chi connectivity index (χ3n) is 13.9. The second kappa shape index (κ2) is 14.1. The molecular formula is C60H45NS. The Morgan fingerprint density at radius 2 is 1.32 bits per heavy atom. The molecule has 0 aliphatic heterocycles. The van der Waals surface area contributed by atoms with Gasteiger partial charge in [-0.2, -0.15) is 0 Å². The number of aryl methyl sites for hydroxylation is 1. The van der Waals surface area contributed by atoms with E-state index < -0.39 is 0 Å². The minimum Gasteiger partial charge on any atom is -0.310 e. The van der Waals surface area contributed by atoms with Crippen molar-refractivity contribution in [3.63, 3.8) is 0 Å². The van der Waals surface area contributed by atoms with Crippen molar-refractivity contribution in [1.82, 2.24) is 0 Å². The van der Waals surface area contributed by atoms with Gasteiger partial charge in [0, 0.05) is 44.0 Å². The van der Waals surface area contributed by atoms with Crippen LogP contribution in [-0.2, 0) is 5.41 Å². The van der Waals surface area contributed by atoms with Gasteiger partial charge < -0.3 is 4.90 Å². The highest BCUT2D eigenvalue weighted by Crippen LogP contribution is 2.55. The summed E-state index contributed by atoms with van der Waals surface area (Å²) in [6, 6.07) is 63.1. The number of rotatable bonds is 6. The summed E-state index contributed by atoms with van der Waals surface area (Å²) in [5.41, 5.74) is 16.6. The maximum absolute atomic E-state index is 4.80. The average molecular weight is 812 g/mol. The minimum absolute atomic E-state index is 0.0922. The second-order valence-electron chi connectivity index (χ2n) is 17.7. The highest BCUT2D eigenvalue weighted by atomic mass is 32.2. The molecule has 0 fully saturated rings. The first-order valence-electron chi connectivity index (χ1n) is 21.8. The van der Waals surface area contributed by atoms with Gasteiger partial charge in [0.25, 0.3) is 0 Å². The number of benzene rings is 9. The van der Waals surface area contributed by atoms with Gasteiger partial charge in [0.15, 0.2) is 0 Å². The average Bonchev–Trinajstić information content (AvgIpc) is 3.55.